The monoisotopic (exact) mass is 274 g/mol. The van der Waals surface area contributed by atoms with E-state index in [0.717, 1.165) is 25.7 Å². The summed E-state index contributed by atoms with van der Waals surface area (Å²) in [7, 11) is 0. The van der Waals surface area contributed by atoms with Gasteiger partial charge < -0.3 is 5.11 Å². The molecule has 19 heavy (non-hydrogen) atoms. The molecule has 1 atom stereocenters. The number of rotatable bonds is 6. The van der Waals surface area contributed by atoms with Crippen LogP contribution in [0, 0.1) is 6.92 Å². The van der Waals surface area contributed by atoms with Crippen molar-refractivity contribution in [3.8, 4) is 0 Å². The molecule has 0 aliphatic rings. The van der Waals surface area contributed by atoms with Crippen molar-refractivity contribution in [2.24, 2.45) is 0 Å². The number of aliphatic hydroxyl groups excluding tert-OH is 1. The van der Waals surface area contributed by atoms with Crippen LogP contribution in [0.25, 0.3) is 0 Å². The summed E-state index contributed by atoms with van der Waals surface area (Å²) in [5.74, 6) is 0. The quantitative estimate of drug-likeness (QED) is 0.839. The van der Waals surface area contributed by atoms with Crippen LogP contribution in [-0.4, -0.2) is 11.2 Å². The average molecular weight is 274 g/mol. The number of aliphatic hydroxyl groups is 1. The molecule has 0 amide bonds. The normalized spacial score (nSPS) is 12.6. The number of hydrogen-bond donors (Lipinski definition) is 1. The minimum absolute atomic E-state index is 0.233. The van der Waals surface area contributed by atoms with Crippen LogP contribution in [0.15, 0.2) is 36.4 Å². The zero-order valence-electron chi connectivity index (χ0n) is 11.7. The standard InChI is InChI=1S/C17H22OS/c1-3-16-10-11-17(19-16)12-15(18)9-8-14-7-5-4-6-13(14)2/h4-7,10-11,15,18H,3,8-9,12H2,1-2H3. The van der Waals surface area contributed by atoms with Crippen LogP contribution >= 0.6 is 11.3 Å². The number of thiophene rings is 1. The van der Waals surface area contributed by atoms with Crippen molar-refractivity contribution in [3.05, 3.63) is 57.3 Å². The Hall–Kier alpha value is -1.12. The van der Waals surface area contributed by atoms with Gasteiger partial charge in [-0.3, -0.25) is 0 Å². The van der Waals surface area contributed by atoms with Crippen LogP contribution in [0.1, 0.15) is 34.2 Å². The third kappa shape index (κ3) is 4.19. The van der Waals surface area contributed by atoms with E-state index in [2.05, 4.69) is 50.2 Å². The molecule has 1 nitrogen and oxygen atoms in total. The van der Waals surface area contributed by atoms with E-state index in [4.69, 9.17) is 0 Å². The molecule has 0 bridgehead atoms. The summed E-state index contributed by atoms with van der Waals surface area (Å²) >= 11 is 1.83. The second-order valence-corrected chi connectivity index (χ2v) is 6.30. The summed E-state index contributed by atoms with van der Waals surface area (Å²) in [6.45, 7) is 4.30. The van der Waals surface area contributed by atoms with E-state index in [1.165, 1.54) is 20.9 Å². The molecule has 0 aliphatic carbocycles. The molecular formula is C17H22OS. The van der Waals surface area contributed by atoms with E-state index < -0.39 is 0 Å². The Morgan fingerprint density at radius 2 is 1.84 bits per heavy atom. The van der Waals surface area contributed by atoms with Gasteiger partial charge in [-0.15, -0.1) is 11.3 Å². The second kappa shape index (κ2) is 6.88. The number of benzene rings is 1. The van der Waals surface area contributed by atoms with Crippen LogP contribution in [0.4, 0.5) is 0 Å². The van der Waals surface area contributed by atoms with Crippen molar-refractivity contribution in [3.63, 3.8) is 0 Å². The summed E-state index contributed by atoms with van der Waals surface area (Å²) in [5, 5.41) is 10.1. The molecule has 0 radical (unpaired) electrons. The molecule has 2 rings (SSSR count). The van der Waals surface area contributed by atoms with E-state index in [-0.39, 0.29) is 6.10 Å². The summed E-state index contributed by atoms with van der Waals surface area (Å²) in [6.07, 6.45) is 3.44. The fourth-order valence-electron chi connectivity index (χ4n) is 2.27. The van der Waals surface area contributed by atoms with Crippen LogP contribution in [0.3, 0.4) is 0 Å². The maximum absolute atomic E-state index is 10.1. The van der Waals surface area contributed by atoms with Crippen LogP contribution in [0.2, 0.25) is 0 Å². The van der Waals surface area contributed by atoms with Gasteiger partial charge in [0.2, 0.25) is 0 Å². The van der Waals surface area contributed by atoms with E-state index in [1.807, 2.05) is 11.3 Å². The zero-order chi connectivity index (χ0) is 13.7. The first-order chi connectivity index (χ1) is 9.19. The fraction of sp³-hybridized carbons (Fsp3) is 0.412. The first-order valence-electron chi connectivity index (χ1n) is 6.99. The van der Waals surface area contributed by atoms with E-state index in [9.17, 15) is 5.11 Å². The molecule has 0 saturated carbocycles. The molecule has 1 unspecified atom stereocenters. The highest BCUT2D eigenvalue weighted by Crippen LogP contribution is 2.20. The van der Waals surface area contributed by atoms with Gasteiger partial charge in [-0.2, -0.15) is 0 Å². The van der Waals surface area contributed by atoms with E-state index in [1.54, 1.807) is 0 Å². The van der Waals surface area contributed by atoms with Gasteiger partial charge in [0.05, 0.1) is 6.10 Å². The molecule has 1 aromatic carbocycles. The lowest BCUT2D eigenvalue weighted by atomic mass is 10.0. The minimum Gasteiger partial charge on any atom is -0.393 e. The Balaban J connectivity index is 1.84. The third-order valence-electron chi connectivity index (χ3n) is 3.51. The third-order valence-corrected chi connectivity index (χ3v) is 4.76. The molecular weight excluding hydrogens is 252 g/mol. The predicted octanol–water partition coefficient (Wildman–Crippen LogP) is 4.16. The van der Waals surface area contributed by atoms with Crippen molar-refractivity contribution in [2.75, 3.05) is 0 Å². The van der Waals surface area contributed by atoms with Gasteiger partial charge in [0.1, 0.15) is 0 Å². The molecule has 1 N–H and O–H groups in total. The first-order valence-corrected chi connectivity index (χ1v) is 7.81. The molecule has 0 fully saturated rings. The highest BCUT2D eigenvalue weighted by Gasteiger charge is 2.08. The Labute approximate surface area is 119 Å². The van der Waals surface area contributed by atoms with Gasteiger partial charge in [0, 0.05) is 16.2 Å². The fourth-order valence-corrected chi connectivity index (χ4v) is 3.30. The van der Waals surface area contributed by atoms with Crippen LogP contribution in [0.5, 0.6) is 0 Å². The van der Waals surface area contributed by atoms with Gasteiger partial charge in [0.25, 0.3) is 0 Å². The minimum atomic E-state index is -0.233. The van der Waals surface area contributed by atoms with Gasteiger partial charge in [-0.1, -0.05) is 31.2 Å². The maximum Gasteiger partial charge on any atom is 0.0591 e. The van der Waals surface area contributed by atoms with Crippen molar-refractivity contribution < 1.29 is 5.11 Å². The lowest BCUT2D eigenvalue weighted by Gasteiger charge is -2.10. The van der Waals surface area contributed by atoms with Gasteiger partial charge >= 0.3 is 0 Å². The Morgan fingerprint density at radius 3 is 2.53 bits per heavy atom. The van der Waals surface area contributed by atoms with Gasteiger partial charge in [-0.05, 0) is 49.4 Å². The SMILES string of the molecule is CCc1ccc(CC(O)CCc2ccccc2C)s1. The Bertz CT molecular complexity index is 515. The smallest absolute Gasteiger partial charge is 0.0591 e. The molecule has 1 aromatic heterocycles. The van der Waals surface area contributed by atoms with Gasteiger partial charge in [-0.25, -0.2) is 0 Å². The molecule has 0 saturated heterocycles. The molecule has 2 heteroatoms. The number of aryl methyl sites for hydroxylation is 3. The Kier molecular flexibility index (Phi) is 5.17. The molecule has 1 heterocycles. The highest BCUT2D eigenvalue weighted by molar-refractivity contribution is 7.11. The van der Waals surface area contributed by atoms with Crippen LogP contribution < -0.4 is 0 Å². The molecule has 2 aromatic rings. The number of hydrogen-bond acceptors (Lipinski definition) is 2. The predicted molar refractivity (Wildman–Crippen MR) is 82.9 cm³/mol. The maximum atomic E-state index is 10.1. The van der Waals surface area contributed by atoms with E-state index >= 15 is 0 Å². The summed E-state index contributed by atoms with van der Waals surface area (Å²) in [4.78, 5) is 2.70. The topological polar surface area (TPSA) is 20.2 Å². The highest BCUT2D eigenvalue weighted by atomic mass is 32.1. The van der Waals surface area contributed by atoms with Crippen LogP contribution in [-0.2, 0) is 19.3 Å². The van der Waals surface area contributed by atoms with Crippen molar-refractivity contribution in [2.45, 2.75) is 45.6 Å². The lowest BCUT2D eigenvalue weighted by Crippen LogP contribution is -2.11. The second-order valence-electron chi connectivity index (χ2n) is 5.04. The summed E-state index contributed by atoms with van der Waals surface area (Å²) in [5.41, 5.74) is 2.67. The first kappa shape index (κ1) is 14.3. The van der Waals surface area contributed by atoms with Crippen molar-refractivity contribution >= 4 is 11.3 Å². The van der Waals surface area contributed by atoms with E-state index in [0.29, 0.717) is 0 Å². The average Bonchev–Trinajstić information content (AvgIpc) is 2.85. The van der Waals surface area contributed by atoms with Crippen molar-refractivity contribution in [1.29, 1.82) is 0 Å². The molecule has 102 valence electrons. The largest absolute Gasteiger partial charge is 0.393 e. The summed E-state index contributed by atoms with van der Waals surface area (Å²) < 4.78 is 0. The molecule has 0 aliphatic heterocycles. The van der Waals surface area contributed by atoms with Crippen molar-refractivity contribution in [1.82, 2.24) is 0 Å². The Morgan fingerprint density at radius 1 is 1.11 bits per heavy atom. The summed E-state index contributed by atoms with van der Waals surface area (Å²) in [6, 6.07) is 12.8. The lowest BCUT2D eigenvalue weighted by molar-refractivity contribution is 0.166. The molecule has 0 spiro atoms. The van der Waals surface area contributed by atoms with Gasteiger partial charge in [0.15, 0.2) is 0 Å². The zero-order valence-corrected chi connectivity index (χ0v) is 12.5.